The van der Waals surface area contributed by atoms with E-state index in [0.717, 1.165) is 6.42 Å². The van der Waals surface area contributed by atoms with Gasteiger partial charge in [-0.3, -0.25) is 0 Å². The van der Waals surface area contributed by atoms with Crippen LogP contribution in [0.1, 0.15) is 39.5 Å². The molecule has 90 valence electrons. The Labute approximate surface area is 92.7 Å². The highest BCUT2D eigenvalue weighted by Crippen LogP contribution is 2.21. The second kappa shape index (κ2) is 5.27. The van der Waals surface area contributed by atoms with Crippen LogP contribution in [0.3, 0.4) is 0 Å². The Balaban J connectivity index is 2.42. The Morgan fingerprint density at radius 3 is 2.53 bits per heavy atom. The molecule has 15 heavy (non-hydrogen) atoms. The fraction of sp³-hybridized carbons (Fsp3) is 1.00. The molecule has 3 atom stereocenters. The predicted octanol–water partition coefficient (Wildman–Crippen LogP) is 0.832. The molecule has 0 radical (unpaired) electrons. The van der Waals surface area contributed by atoms with Crippen molar-refractivity contribution in [1.82, 2.24) is 5.32 Å². The lowest BCUT2D eigenvalue weighted by Gasteiger charge is -2.32. The number of nitrogens with one attached hydrogen (secondary N) is 1. The van der Waals surface area contributed by atoms with Gasteiger partial charge in [-0.1, -0.05) is 20.3 Å². The Morgan fingerprint density at radius 1 is 1.47 bits per heavy atom. The summed E-state index contributed by atoms with van der Waals surface area (Å²) < 4.78 is 22.3. The van der Waals surface area contributed by atoms with Crippen LogP contribution in [0.15, 0.2) is 0 Å². The number of hydrogen-bond acceptors (Lipinski definition) is 3. The van der Waals surface area contributed by atoms with Crippen molar-refractivity contribution in [2.45, 2.75) is 50.8 Å². The van der Waals surface area contributed by atoms with Gasteiger partial charge in [0.15, 0.2) is 0 Å². The quantitative estimate of drug-likeness (QED) is 0.757. The molecule has 3 unspecified atom stereocenters. The third-order valence-corrected chi connectivity index (χ3v) is 4.63. The van der Waals surface area contributed by atoms with Gasteiger partial charge in [0.1, 0.15) is 0 Å². The zero-order valence-corrected chi connectivity index (χ0v) is 10.4. The molecule has 0 bridgehead atoms. The van der Waals surface area contributed by atoms with Crippen molar-refractivity contribution in [1.29, 1.82) is 0 Å². The largest absolute Gasteiger partial charge is 0.312 e. The van der Waals surface area contributed by atoms with E-state index >= 15 is 0 Å². The lowest BCUT2D eigenvalue weighted by atomic mass is 9.90. The van der Waals surface area contributed by atoms with E-state index in [2.05, 4.69) is 19.2 Å². The number of nitrogens with two attached hydrogens (primary N) is 1. The minimum atomic E-state index is -3.35. The number of piperidine rings is 1. The maximum Gasteiger partial charge on any atom is 0.213 e. The first-order valence-electron chi connectivity index (χ1n) is 5.70. The summed E-state index contributed by atoms with van der Waals surface area (Å²) >= 11 is 0. The summed E-state index contributed by atoms with van der Waals surface area (Å²) in [6, 6.07) is 0.461. The van der Waals surface area contributed by atoms with E-state index in [1.165, 1.54) is 12.8 Å². The summed E-state index contributed by atoms with van der Waals surface area (Å²) in [6.45, 7) is 4.91. The van der Waals surface area contributed by atoms with Gasteiger partial charge in [0.2, 0.25) is 10.0 Å². The Morgan fingerprint density at radius 2 is 2.13 bits per heavy atom. The standard InChI is InChI=1S/C10H22N2O2S/c1-3-4-8(2)10-6-5-9(7-12-10)15(11,13)14/h8-10,12H,3-7H2,1-2H3,(H2,11,13,14). The van der Waals surface area contributed by atoms with Crippen LogP contribution in [0.5, 0.6) is 0 Å². The van der Waals surface area contributed by atoms with E-state index in [1.54, 1.807) is 0 Å². The molecule has 0 aromatic carbocycles. The SMILES string of the molecule is CCCC(C)C1CCC(S(N)(=O)=O)CN1. The lowest BCUT2D eigenvalue weighted by molar-refractivity contribution is 0.297. The molecular weight excluding hydrogens is 212 g/mol. The zero-order valence-electron chi connectivity index (χ0n) is 9.57. The van der Waals surface area contributed by atoms with Crippen LogP contribution < -0.4 is 10.5 Å². The van der Waals surface area contributed by atoms with Gasteiger partial charge < -0.3 is 5.32 Å². The molecule has 1 aliphatic rings. The number of primary sulfonamides is 1. The Hall–Kier alpha value is -0.130. The zero-order chi connectivity index (χ0) is 11.5. The van der Waals surface area contributed by atoms with Crippen molar-refractivity contribution in [3.63, 3.8) is 0 Å². The average molecular weight is 234 g/mol. The first-order chi connectivity index (χ1) is 6.95. The molecule has 1 saturated heterocycles. The summed E-state index contributed by atoms with van der Waals surface area (Å²) in [5.41, 5.74) is 0. The van der Waals surface area contributed by atoms with Gasteiger partial charge in [0.05, 0.1) is 5.25 Å². The van der Waals surface area contributed by atoms with Crippen LogP contribution in [0.2, 0.25) is 0 Å². The molecule has 0 aromatic heterocycles. The van der Waals surface area contributed by atoms with Gasteiger partial charge in [-0.05, 0) is 25.2 Å². The van der Waals surface area contributed by atoms with Crippen molar-refractivity contribution in [2.24, 2.45) is 11.1 Å². The Kier molecular flexibility index (Phi) is 4.55. The summed E-state index contributed by atoms with van der Waals surface area (Å²) in [7, 11) is -3.35. The molecule has 1 heterocycles. The van der Waals surface area contributed by atoms with E-state index in [9.17, 15) is 8.42 Å². The minimum absolute atomic E-state index is 0.387. The highest BCUT2D eigenvalue weighted by molar-refractivity contribution is 7.89. The molecule has 0 aromatic rings. The van der Waals surface area contributed by atoms with Gasteiger partial charge in [0, 0.05) is 12.6 Å². The normalized spacial score (nSPS) is 30.1. The highest BCUT2D eigenvalue weighted by Gasteiger charge is 2.29. The van der Waals surface area contributed by atoms with Crippen LogP contribution in [0.4, 0.5) is 0 Å². The number of sulfonamides is 1. The third-order valence-electron chi connectivity index (χ3n) is 3.30. The molecule has 0 amide bonds. The summed E-state index contributed by atoms with van der Waals surface area (Å²) in [5, 5.41) is 8.04. The molecule has 0 saturated carbocycles. The molecule has 5 heteroatoms. The predicted molar refractivity (Wildman–Crippen MR) is 62.0 cm³/mol. The van der Waals surface area contributed by atoms with Gasteiger partial charge in [-0.15, -0.1) is 0 Å². The lowest BCUT2D eigenvalue weighted by Crippen LogP contribution is -2.49. The van der Waals surface area contributed by atoms with E-state index in [4.69, 9.17) is 5.14 Å². The van der Waals surface area contributed by atoms with E-state index in [0.29, 0.717) is 24.9 Å². The van der Waals surface area contributed by atoms with Crippen LogP contribution in [0.25, 0.3) is 0 Å². The van der Waals surface area contributed by atoms with Crippen molar-refractivity contribution in [3.05, 3.63) is 0 Å². The number of rotatable bonds is 4. The van der Waals surface area contributed by atoms with E-state index < -0.39 is 10.0 Å². The van der Waals surface area contributed by atoms with Gasteiger partial charge in [-0.25, -0.2) is 13.6 Å². The first-order valence-corrected chi connectivity index (χ1v) is 7.31. The topological polar surface area (TPSA) is 72.2 Å². The molecule has 0 spiro atoms. The van der Waals surface area contributed by atoms with Gasteiger partial charge in [-0.2, -0.15) is 0 Å². The molecule has 1 rings (SSSR count). The maximum atomic E-state index is 11.1. The van der Waals surface area contributed by atoms with Gasteiger partial charge >= 0.3 is 0 Å². The van der Waals surface area contributed by atoms with Crippen molar-refractivity contribution >= 4 is 10.0 Å². The summed E-state index contributed by atoms with van der Waals surface area (Å²) in [6.07, 6.45) is 3.99. The average Bonchev–Trinajstić information content (AvgIpc) is 2.17. The maximum absolute atomic E-state index is 11.1. The third kappa shape index (κ3) is 3.74. The smallest absolute Gasteiger partial charge is 0.213 e. The minimum Gasteiger partial charge on any atom is -0.312 e. The Bertz CT molecular complexity index is 282. The van der Waals surface area contributed by atoms with E-state index in [-0.39, 0.29) is 5.25 Å². The van der Waals surface area contributed by atoms with Crippen LogP contribution in [-0.4, -0.2) is 26.3 Å². The molecule has 3 N–H and O–H groups in total. The van der Waals surface area contributed by atoms with Crippen molar-refractivity contribution < 1.29 is 8.42 Å². The summed E-state index contributed by atoms with van der Waals surface area (Å²) in [4.78, 5) is 0. The second-order valence-corrected chi connectivity index (χ2v) is 6.41. The van der Waals surface area contributed by atoms with E-state index in [1.807, 2.05) is 0 Å². The van der Waals surface area contributed by atoms with Crippen molar-refractivity contribution in [3.8, 4) is 0 Å². The molecule has 0 aliphatic carbocycles. The molecule has 4 nitrogen and oxygen atoms in total. The first kappa shape index (κ1) is 12.9. The van der Waals surface area contributed by atoms with Crippen molar-refractivity contribution in [2.75, 3.05) is 6.54 Å². The number of hydrogen-bond donors (Lipinski definition) is 2. The molecule has 1 fully saturated rings. The van der Waals surface area contributed by atoms with Crippen LogP contribution >= 0.6 is 0 Å². The second-order valence-electron chi connectivity index (χ2n) is 4.57. The highest BCUT2D eigenvalue weighted by atomic mass is 32.2. The fourth-order valence-electron chi connectivity index (χ4n) is 2.28. The van der Waals surface area contributed by atoms with Gasteiger partial charge in [0.25, 0.3) is 0 Å². The van der Waals surface area contributed by atoms with Crippen LogP contribution in [-0.2, 0) is 10.0 Å². The molecular formula is C10H22N2O2S. The summed E-state index contributed by atoms with van der Waals surface area (Å²) in [5.74, 6) is 0.622. The fourth-order valence-corrected chi connectivity index (χ4v) is 3.07. The van der Waals surface area contributed by atoms with Crippen LogP contribution in [0, 0.1) is 5.92 Å². The molecule has 1 aliphatic heterocycles. The monoisotopic (exact) mass is 234 g/mol.